The van der Waals surface area contributed by atoms with Gasteiger partial charge < -0.3 is 10.1 Å². The van der Waals surface area contributed by atoms with Gasteiger partial charge in [0.2, 0.25) is 0 Å². The smallest absolute Gasteiger partial charge is 0.122 e. The number of rotatable bonds is 5. The molecular formula is C14H23NO. The Morgan fingerprint density at radius 2 is 1.88 bits per heavy atom. The second-order valence-electron chi connectivity index (χ2n) is 4.60. The first kappa shape index (κ1) is 12.9. The van der Waals surface area contributed by atoms with Gasteiger partial charge >= 0.3 is 0 Å². The molecule has 0 aliphatic heterocycles. The van der Waals surface area contributed by atoms with Crippen molar-refractivity contribution < 1.29 is 4.74 Å². The van der Waals surface area contributed by atoms with Crippen LogP contribution in [0.5, 0.6) is 5.75 Å². The average Bonchev–Trinajstić information content (AvgIpc) is 2.24. The summed E-state index contributed by atoms with van der Waals surface area (Å²) in [5.41, 5.74) is 3.72. The van der Waals surface area contributed by atoms with Gasteiger partial charge in [0.15, 0.2) is 0 Å². The molecule has 0 aliphatic carbocycles. The zero-order chi connectivity index (χ0) is 12.1. The monoisotopic (exact) mass is 221 g/mol. The van der Waals surface area contributed by atoms with E-state index in [9.17, 15) is 0 Å². The molecule has 0 bridgehead atoms. The highest BCUT2D eigenvalue weighted by Crippen LogP contribution is 2.27. The summed E-state index contributed by atoms with van der Waals surface area (Å²) in [6, 6.07) is 4.16. The van der Waals surface area contributed by atoms with E-state index in [4.69, 9.17) is 4.74 Å². The molecule has 0 saturated carbocycles. The van der Waals surface area contributed by atoms with Gasteiger partial charge in [0.05, 0.1) is 6.61 Å². The van der Waals surface area contributed by atoms with Gasteiger partial charge in [-0.15, -0.1) is 0 Å². The van der Waals surface area contributed by atoms with Crippen LogP contribution in [0.3, 0.4) is 0 Å². The van der Waals surface area contributed by atoms with Crippen LogP contribution in [0.25, 0.3) is 0 Å². The molecule has 0 radical (unpaired) electrons. The van der Waals surface area contributed by atoms with E-state index < -0.39 is 0 Å². The topological polar surface area (TPSA) is 21.3 Å². The number of hydrogen-bond donors (Lipinski definition) is 1. The second-order valence-corrected chi connectivity index (χ2v) is 4.60. The predicted octanol–water partition coefficient (Wildman–Crippen LogP) is 3.77. The summed E-state index contributed by atoms with van der Waals surface area (Å²) in [6.45, 7) is 12.4. The molecule has 90 valence electrons. The van der Waals surface area contributed by atoms with Gasteiger partial charge in [-0.05, 0) is 49.9 Å². The fourth-order valence-electron chi connectivity index (χ4n) is 1.59. The van der Waals surface area contributed by atoms with Crippen LogP contribution in [0.15, 0.2) is 12.1 Å². The van der Waals surface area contributed by atoms with E-state index in [1.807, 2.05) is 0 Å². The molecule has 0 saturated heterocycles. The Labute approximate surface area is 99.0 Å². The van der Waals surface area contributed by atoms with Crippen LogP contribution in [0.2, 0.25) is 0 Å². The summed E-state index contributed by atoms with van der Waals surface area (Å²) in [5, 5.41) is 3.35. The Morgan fingerprint density at radius 3 is 2.44 bits per heavy atom. The second kappa shape index (κ2) is 5.78. The number of benzene rings is 1. The molecule has 2 nitrogen and oxygen atoms in total. The molecule has 0 heterocycles. The molecule has 16 heavy (non-hydrogen) atoms. The maximum absolute atomic E-state index is 5.78. The Balaban J connectivity index is 2.84. The third kappa shape index (κ3) is 3.16. The molecule has 1 N–H and O–H groups in total. The van der Waals surface area contributed by atoms with Crippen LogP contribution >= 0.6 is 0 Å². The first-order chi connectivity index (χ1) is 7.56. The van der Waals surface area contributed by atoms with Crippen LogP contribution < -0.4 is 10.1 Å². The van der Waals surface area contributed by atoms with Crippen molar-refractivity contribution in [2.75, 3.05) is 18.5 Å². The summed E-state index contributed by atoms with van der Waals surface area (Å²) in [6.07, 6.45) is 0. The zero-order valence-corrected chi connectivity index (χ0v) is 11.1. The molecular weight excluding hydrogens is 198 g/mol. The molecule has 0 amide bonds. The van der Waals surface area contributed by atoms with E-state index in [-0.39, 0.29) is 0 Å². The molecule has 0 atom stereocenters. The summed E-state index contributed by atoms with van der Waals surface area (Å²) >= 11 is 0. The molecule has 0 aliphatic rings. The fourth-order valence-corrected chi connectivity index (χ4v) is 1.59. The van der Waals surface area contributed by atoms with E-state index in [0.29, 0.717) is 5.92 Å². The van der Waals surface area contributed by atoms with Crippen molar-refractivity contribution in [3.8, 4) is 5.75 Å². The number of anilines is 1. The Morgan fingerprint density at radius 1 is 1.19 bits per heavy atom. The summed E-state index contributed by atoms with van der Waals surface area (Å²) in [5.74, 6) is 1.57. The molecule has 1 aromatic carbocycles. The van der Waals surface area contributed by atoms with E-state index in [2.05, 4.69) is 52.1 Å². The summed E-state index contributed by atoms with van der Waals surface area (Å²) in [7, 11) is 0. The highest BCUT2D eigenvalue weighted by molar-refractivity contribution is 5.58. The van der Waals surface area contributed by atoms with Gasteiger partial charge in [0, 0.05) is 12.2 Å². The maximum Gasteiger partial charge on any atom is 0.122 e. The number of ether oxygens (including phenoxy) is 1. The van der Waals surface area contributed by atoms with Crippen LogP contribution in [-0.2, 0) is 0 Å². The normalized spacial score (nSPS) is 10.6. The minimum atomic E-state index is 0.563. The third-order valence-corrected chi connectivity index (χ3v) is 2.68. The van der Waals surface area contributed by atoms with Crippen LogP contribution in [0.1, 0.15) is 31.9 Å². The predicted molar refractivity (Wildman–Crippen MR) is 70.4 cm³/mol. The van der Waals surface area contributed by atoms with E-state index >= 15 is 0 Å². The first-order valence-corrected chi connectivity index (χ1v) is 6.03. The minimum Gasteiger partial charge on any atom is -0.493 e. The van der Waals surface area contributed by atoms with Gasteiger partial charge in [-0.25, -0.2) is 0 Å². The maximum atomic E-state index is 5.78. The van der Waals surface area contributed by atoms with Gasteiger partial charge in [-0.1, -0.05) is 13.8 Å². The van der Waals surface area contributed by atoms with Crippen molar-refractivity contribution in [3.63, 3.8) is 0 Å². The molecule has 0 fully saturated rings. The summed E-state index contributed by atoms with van der Waals surface area (Å²) < 4.78 is 5.78. The van der Waals surface area contributed by atoms with Gasteiger partial charge in [-0.3, -0.25) is 0 Å². The minimum absolute atomic E-state index is 0.563. The van der Waals surface area contributed by atoms with Crippen LogP contribution in [-0.4, -0.2) is 13.2 Å². The lowest BCUT2D eigenvalue weighted by molar-refractivity contribution is 0.269. The molecule has 0 unspecified atom stereocenters. The van der Waals surface area contributed by atoms with Crippen LogP contribution in [0.4, 0.5) is 5.69 Å². The van der Waals surface area contributed by atoms with E-state index in [0.717, 1.165) is 18.9 Å². The van der Waals surface area contributed by atoms with Crippen molar-refractivity contribution in [3.05, 3.63) is 23.3 Å². The molecule has 0 aromatic heterocycles. The average molecular weight is 221 g/mol. The lowest BCUT2D eigenvalue weighted by atomic mass is 10.1. The fraction of sp³-hybridized carbons (Fsp3) is 0.571. The first-order valence-electron chi connectivity index (χ1n) is 6.03. The van der Waals surface area contributed by atoms with Gasteiger partial charge in [0.25, 0.3) is 0 Å². The quantitative estimate of drug-likeness (QED) is 0.817. The largest absolute Gasteiger partial charge is 0.493 e. The molecule has 2 heteroatoms. The Bertz CT molecular complexity index is 345. The van der Waals surface area contributed by atoms with Crippen molar-refractivity contribution in [2.24, 2.45) is 5.92 Å². The lowest BCUT2D eigenvalue weighted by Crippen LogP contribution is -2.07. The van der Waals surface area contributed by atoms with Crippen LogP contribution in [0, 0.1) is 19.8 Å². The SMILES string of the molecule is CCNc1ccc(OCC(C)C)c(C)c1C. The summed E-state index contributed by atoms with van der Waals surface area (Å²) in [4.78, 5) is 0. The Kier molecular flexibility index (Phi) is 4.66. The third-order valence-electron chi connectivity index (χ3n) is 2.68. The molecule has 1 rings (SSSR count). The van der Waals surface area contributed by atoms with Crippen molar-refractivity contribution >= 4 is 5.69 Å². The van der Waals surface area contributed by atoms with Crippen molar-refractivity contribution in [2.45, 2.75) is 34.6 Å². The van der Waals surface area contributed by atoms with Gasteiger partial charge in [0.1, 0.15) is 5.75 Å². The highest BCUT2D eigenvalue weighted by atomic mass is 16.5. The Hall–Kier alpha value is -1.18. The van der Waals surface area contributed by atoms with Crippen molar-refractivity contribution in [1.82, 2.24) is 0 Å². The zero-order valence-electron chi connectivity index (χ0n) is 11.1. The van der Waals surface area contributed by atoms with Crippen molar-refractivity contribution in [1.29, 1.82) is 0 Å². The molecule has 0 spiro atoms. The van der Waals surface area contributed by atoms with Gasteiger partial charge in [-0.2, -0.15) is 0 Å². The number of nitrogens with one attached hydrogen (secondary N) is 1. The highest BCUT2D eigenvalue weighted by Gasteiger charge is 2.07. The lowest BCUT2D eigenvalue weighted by Gasteiger charge is -2.16. The van der Waals surface area contributed by atoms with E-state index in [1.54, 1.807) is 0 Å². The molecule has 1 aromatic rings. The standard InChI is InChI=1S/C14H23NO/c1-6-15-13-7-8-14(12(5)11(13)4)16-9-10(2)3/h7-8,10,15H,6,9H2,1-5H3. The van der Waals surface area contributed by atoms with E-state index in [1.165, 1.54) is 16.8 Å². The number of hydrogen-bond acceptors (Lipinski definition) is 2.